The topological polar surface area (TPSA) is 130 Å². The van der Waals surface area contributed by atoms with Crippen LogP contribution in [0.25, 0.3) is 0 Å². The average molecular weight is 521 g/mol. The highest BCUT2D eigenvalue weighted by Crippen LogP contribution is 2.25. The van der Waals surface area contributed by atoms with Crippen molar-refractivity contribution in [1.82, 2.24) is 0 Å². The lowest BCUT2D eigenvalue weighted by atomic mass is 10.0. The third-order valence-electron chi connectivity index (χ3n) is 6.46. The summed E-state index contributed by atoms with van der Waals surface area (Å²) in [6, 6.07) is 4.43. The molecule has 0 heterocycles. The van der Waals surface area contributed by atoms with Crippen LogP contribution in [0.15, 0.2) is 18.2 Å². The molecule has 4 N–H and O–H groups in total. The van der Waals surface area contributed by atoms with Crippen molar-refractivity contribution in [2.45, 2.75) is 110 Å². The van der Waals surface area contributed by atoms with E-state index in [1.54, 1.807) is 6.07 Å². The lowest BCUT2D eigenvalue weighted by molar-refractivity contribution is -0.136. The van der Waals surface area contributed by atoms with Gasteiger partial charge in [-0.05, 0) is 18.6 Å². The normalized spacial score (nSPS) is 10.8. The van der Waals surface area contributed by atoms with Gasteiger partial charge in [0.1, 0.15) is 18.8 Å². The molecular formula is C29H48N2O6. The van der Waals surface area contributed by atoms with Crippen molar-refractivity contribution in [3.63, 3.8) is 0 Å². The summed E-state index contributed by atoms with van der Waals surface area (Å²) in [5, 5.41) is 18.2. The molecule has 0 fully saturated rings. The van der Waals surface area contributed by atoms with Crippen LogP contribution in [0.4, 0.5) is 5.69 Å². The van der Waals surface area contributed by atoms with Crippen molar-refractivity contribution in [3.8, 4) is 5.75 Å². The Morgan fingerprint density at radius 2 is 1.14 bits per heavy atom. The van der Waals surface area contributed by atoms with Gasteiger partial charge in [0.2, 0.25) is 5.91 Å². The molecule has 0 atom stereocenters. The monoisotopic (exact) mass is 520 g/mol. The highest BCUT2D eigenvalue weighted by molar-refractivity contribution is 5.94. The fourth-order valence-corrected chi connectivity index (χ4v) is 4.40. The van der Waals surface area contributed by atoms with Gasteiger partial charge in [-0.3, -0.25) is 14.4 Å². The van der Waals surface area contributed by atoms with Crippen molar-refractivity contribution in [3.05, 3.63) is 23.8 Å². The second-order valence-electron chi connectivity index (χ2n) is 9.88. The van der Waals surface area contributed by atoms with Gasteiger partial charge in [0, 0.05) is 17.3 Å². The van der Waals surface area contributed by atoms with Gasteiger partial charge in [0.25, 0.3) is 0 Å². The second kappa shape index (κ2) is 20.3. The highest BCUT2D eigenvalue weighted by Gasteiger charge is 2.17. The number of carboxylic acids is 2. The lowest BCUT2D eigenvalue weighted by Crippen LogP contribution is -2.34. The van der Waals surface area contributed by atoms with E-state index in [0.29, 0.717) is 12.4 Å². The Kier molecular flexibility index (Phi) is 17.7. The van der Waals surface area contributed by atoms with E-state index in [-0.39, 0.29) is 11.3 Å². The summed E-state index contributed by atoms with van der Waals surface area (Å²) < 4.78 is 5.79. The first kappa shape index (κ1) is 32.3. The maximum Gasteiger partial charge on any atom is 0.323 e. The van der Waals surface area contributed by atoms with Gasteiger partial charge in [0.05, 0.1) is 6.61 Å². The van der Waals surface area contributed by atoms with Gasteiger partial charge in [-0.1, -0.05) is 103 Å². The third-order valence-corrected chi connectivity index (χ3v) is 6.46. The molecule has 0 aliphatic rings. The molecule has 0 aliphatic heterocycles. The summed E-state index contributed by atoms with van der Waals surface area (Å²) >= 11 is 0. The van der Waals surface area contributed by atoms with Gasteiger partial charge in [-0.25, -0.2) is 0 Å². The Hall–Kier alpha value is -2.77. The summed E-state index contributed by atoms with van der Waals surface area (Å²) in [6.45, 7) is 1.67. The zero-order valence-corrected chi connectivity index (χ0v) is 22.7. The molecule has 1 aromatic carbocycles. The molecule has 0 unspecified atom stereocenters. The Bertz CT molecular complexity index is 783. The molecule has 0 aliphatic carbocycles. The molecule has 0 spiro atoms. The van der Waals surface area contributed by atoms with Crippen molar-refractivity contribution >= 4 is 23.5 Å². The Morgan fingerprint density at radius 1 is 0.703 bits per heavy atom. The zero-order valence-electron chi connectivity index (χ0n) is 22.7. The molecule has 8 heteroatoms. The summed E-state index contributed by atoms with van der Waals surface area (Å²) in [5.41, 5.74) is 5.81. The Morgan fingerprint density at radius 3 is 1.54 bits per heavy atom. The van der Waals surface area contributed by atoms with E-state index >= 15 is 0 Å². The van der Waals surface area contributed by atoms with Crippen LogP contribution >= 0.6 is 0 Å². The van der Waals surface area contributed by atoms with Crippen LogP contribution in [0.1, 0.15) is 120 Å². The minimum absolute atomic E-state index is 0.139. The number of unbranched alkanes of at least 4 members (excludes halogenated alkanes) is 15. The smallest absolute Gasteiger partial charge is 0.323 e. The summed E-state index contributed by atoms with van der Waals surface area (Å²) in [6.07, 6.45) is 20.6. The number of aliphatic carboxylic acids is 2. The molecule has 0 saturated carbocycles. The number of carbonyl (C=O) groups is 3. The molecule has 37 heavy (non-hydrogen) atoms. The molecule has 0 bridgehead atoms. The molecule has 1 aromatic rings. The SMILES string of the molecule is CCCCCCCCCCCCCCCCCCOc1cc(C(N)=O)cc(N(CC(=O)O)CC(=O)O)c1. The number of primary amides is 1. The number of nitrogens with zero attached hydrogens (tertiary/aromatic N) is 1. The van der Waals surface area contributed by atoms with Crippen molar-refractivity contribution in [2.75, 3.05) is 24.6 Å². The fourth-order valence-electron chi connectivity index (χ4n) is 4.40. The minimum atomic E-state index is -1.18. The Labute approximate surface area is 222 Å². The van der Waals surface area contributed by atoms with Crippen LogP contribution in [0.2, 0.25) is 0 Å². The minimum Gasteiger partial charge on any atom is -0.493 e. The molecular weight excluding hydrogens is 472 g/mol. The molecule has 0 saturated heterocycles. The standard InChI is InChI=1S/C29H48N2O6/c1-2-3-4-5-6-7-8-9-10-11-12-13-14-15-16-17-18-37-26-20-24(29(30)36)19-25(21-26)31(22-27(32)33)23-28(34)35/h19-21H,2-18,22-23H2,1H3,(H2,30,36)(H,32,33)(H,34,35). The molecule has 1 rings (SSSR count). The van der Waals surface area contributed by atoms with Crippen LogP contribution in [-0.4, -0.2) is 47.8 Å². The number of amides is 1. The van der Waals surface area contributed by atoms with Gasteiger partial charge in [-0.15, -0.1) is 0 Å². The molecule has 0 radical (unpaired) electrons. The summed E-state index contributed by atoms with van der Waals surface area (Å²) in [7, 11) is 0. The third kappa shape index (κ3) is 16.6. The molecule has 210 valence electrons. The van der Waals surface area contributed by atoms with Crippen LogP contribution in [0, 0.1) is 0 Å². The maximum absolute atomic E-state index is 11.7. The van der Waals surface area contributed by atoms with E-state index in [1.807, 2.05) is 0 Å². The number of carboxylic acid groups (broad SMARTS) is 2. The van der Waals surface area contributed by atoms with Crippen molar-refractivity contribution in [2.24, 2.45) is 5.73 Å². The van der Waals surface area contributed by atoms with E-state index < -0.39 is 30.9 Å². The zero-order chi connectivity index (χ0) is 27.3. The number of hydrogen-bond donors (Lipinski definition) is 3. The van der Waals surface area contributed by atoms with Gasteiger partial charge in [0.15, 0.2) is 0 Å². The van der Waals surface area contributed by atoms with E-state index in [0.717, 1.165) is 24.2 Å². The Balaban J connectivity index is 2.24. The van der Waals surface area contributed by atoms with Crippen LogP contribution in [0.3, 0.4) is 0 Å². The van der Waals surface area contributed by atoms with E-state index in [1.165, 1.54) is 95.6 Å². The van der Waals surface area contributed by atoms with E-state index in [4.69, 9.17) is 20.7 Å². The highest BCUT2D eigenvalue weighted by atomic mass is 16.5. The largest absolute Gasteiger partial charge is 0.493 e. The van der Waals surface area contributed by atoms with E-state index in [9.17, 15) is 14.4 Å². The van der Waals surface area contributed by atoms with Crippen LogP contribution in [-0.2, 0) is 9.59 Å². The average Bonchev–Trinajstić information content (AvgIpc) is 2.84. The number of rotatable bonds is 24. The number of benzene rings is 1. The number of anilines is 1. The van der Waals surface area contributed by atoms with Gasteiger partial charge in [-0.2, -0.15) is 0 Å². The first-order chi connectivity index (χ1) is 17.8. The maximum atomic E-state index is 11.7. The molecule has 8 nitrogen and oxygen atoms in total. The first-order valence-electron chi connectivity index (χ1n) is 14.1. The molecule has 0 aromatic heterocycles. The molecule has 1 amide bonds. The number of nitrogens with two attached hydrogens (primary N) is 1. The van der Waals surface area contributed by atoms with Crippen molar-refractivity contribution in [1.29, 1.82) is 0 Å². The number of ether oxygens (including phenoxy) is 1. The lowest BCUT2D eigenvalue weighted by Gasteiger charge is -2.22. The van der Waals surface area contributed by atoms with Crippen LogP contribution in [0.5, 0.6) is 5.75 Å². The number of hydrogen-bond acceptors (Lipinski definition) is 5. The predicted molar refractivity (Wildman–Crippen MR) is 147 cm³/mol. The first-order valence-corrected chi connectivity index (χ1v) is 14.1. The predicted octanol–water partition coefficient (Wildman–Crippen LogP) is 6.40. The van der Waals surface area contributed by atoms with Crippen LogP contribution < -0.4 is 15.4 Å². The van der Waals surface area contributed by atoms with E-state index in [2.05, 4.69) is 6.92 Å². The van der Waals surface area contributed by atoms with Crippen molar-refractivity contribution < 1.29 is 29.3 Å². The van der Waals surface area contributed by atoms with Gasteiger partial charge >= 0.3 is 11.9 Å². The quantitative estimate of drug-likeness (QED) is 0.134. The summed E-state index contributed by atoms with van der Waals surface area (Å²) in [5.74, 6) is -2.68. The number of carbonyl (C=O) groups excluding carboxylic acids is 1. The van der Waals surface area contributed by atoms with Gasteiger partial charge < -0.3 is 25.6 Å². The fraction of sp³-hybridized carbons (Fsp3) is 0.690. The summed E-state index contributed by atoms with van der Waals surface area (Å²) in [4.78, 5) is 35.2. The second-order valence-corrected chi connectivity index (χ2v) is 9.88.